The molecular weight excluding hydrogens is 328 g/mol. The molecule has 0 aromatic carbocycles. The maximum atomic E-state index is 11.4. The van der Waals surface area contributed by atoms with E-state index in [1.807, 2.05) is 0 Å². The standard InChI is InChI=1S/C16H34N4O3S/c1-4-17-16(18-10-6-11-19-24(21,22)5-2)20(3)12-7-15-8-13-23-14-9-15/h15,19H,4-14H2,1-3H3,(H,17,18). The lowest BCUT2D eigenvalue weighted by Gasteiger charge is -2.26. The fourth-order valence-corrected chi connectivity index (χ4v) is 3.24. The number of hydrogen-bond acceptors (Lipinski definition) is 4. The van der Waals surface area contributed by atoms with Crippen LogP contribution in [0.3, 0.4) is 0 Å². The lowest BCUT2D eigenvalue weighted by atomic mass is 9.96. The summed E-state index contributed by atoms with van der Waals surface area (Å²) in [5, 5.41) is 3.30. The Morgan fingerprint density at radius 2 is 2.00 bits per heavy atom. The van der Waals surface area contributed by atoms with E-state index in [-0.39, 0.29) is 5.75 Å². The molecule has 1 rings (SSSR count). The van der Waals surface area contributed by atoms with E-state index in [0.29, 0.717) is 19.5 Å². The summed E-state index contributed by atoms with van der Waals surface area (Å²) in [6, 6.07) is 0. The molecule has 0 saturated carbocycles. The van der Waals surface area contributed by atoms with Crippen molar-refractivity contribution in [2.24, 2.45) is 10.9 Å². The number of sulfonamides is 1. The average Bonchev–Trinajstić information content (AvgIpc) is 2.59. The molecule has 2 N–H and O–H groups in total. The Bertz CT molecular complexity index is 462. The number of aliphatic imine (C=N–C) groups is 1. The van der Waals surface area contributed by atoms with Crippen LogP contribution in [0.1, 0.15) is 39.5 Å². The average molecular weight is 363 g/mol. The van der Waals surface area contributed by atoms with E-state index in [9.17, 15) is 8.42 Å². The summed E-state index contributed by atoms with van der Waals surface area (Å²) >= 11 is 0. The van der Waals surface area contributed by atoms with Crippen LogP contribution in [-0.2, 0) is 14.8 Å². The number of nitrogens with zero attached hydrogens (tertiary/aromatic N) is 2. The second-order valence-electron chi connectivity index (χ2n) is 6.15. The first kappa shape index (κ1) is 21.2. The highest BCUT2D eigenvalue weighted by atomic mass is 32.2. The predicted octanol–water partition coefficient (Wildman–Crippen LogP) is 1.03. The lowest BCUT2D eigenvalue weighted by Crippen LogP contribution is -2.40. The van der Waals surface area contributed by atoms with Crippen LogP contribution in [0.15, 0.2) is 4.99 Å². The van der Waals surface area contributed by atoms with Crippen molar-refractivity contribution in [2.45, 2.75) is 39.5 Å². The second-order valence-corrected chi connectivity index (χ2v) is 8.25. The van der Waals surface area contributed by atoms with E-state index < -0.39 is 10.0 Å². The lowest BCUT2D eigenvalue weighted by molar-refractivity contribution is 0.0625. The van der Waals surface area contributed by atoms with E-state index in [1.165, 1.54) is 0 Å². The first-order chi connectivity index (χ1) is 11.5. The molecule has 0 unspecified atom stereocenters. The molecule has 0 spiro atoms. The minimum Gasteiger partial charge on any atom is -0.381 e. The largest absolute Gasteiger partial charge is 0.381 e. The van der Waals surface area contributed by atoms with Gasteiger partial charge in [0.05, 0.1) is 5.75 Å². The van der Waals surface area contributed by atoms with Gasteiger partial charge < -0.3 is 15.0 Å². The Labute approximate surface area is 147 Å². The first-order valence-corrected chi connectivity index (χ1v) is 10.7. The second kappa shape index (κ2) is 11.7. The molecule has 1 fully saturated rings. The van der Waals surface area contributed by atoms with Crippen LogP contribution in [-0.4, -0.2) is 71.5 Å². The molecule has 1 aliphatic rings. The van der Waals surface area contributed by atoms with Crippen molar-refractivity contribution in [3.63, 3.8) is 0 Å². The van der Waals surface area contributed by atoms with Gasteiger partial charge in [0.1, 0.15) is 0 Å². The van der Waals surface area contributed by atoms with Gasteiger partial charge in [0.25, 0.3) is 0 Å². The zero-order chi connectivity index (χ0) is 17.8. The third kappa shape index (κ3) is 8.84. The fraction of sp³-hybridized carbons (Fsp3) is 0.938. The molecule has 8 heteroatoms. The van der Waals surface area contributed by atoms with Gasteiger partial charge in [0.2, 0.25) is 10.0 Å². The van der Waals surface area contributed by atoms with Gasteiger partial charge in [0.15, 0.2) is 5.96 Å². The van der Waals surface area contributed by atoms with Crippen molar-refractivity contribution in [2.75, 3.05) is 52.2 Å². The van der Waals surface area contributed by atoms with Crippen LogP contribution in [0.5, 0.6) is 0 Å². The van der Waals surface area contributed by atoms with Crippen LogP contribution >= 0.6 is 0 Å². The Hall–Kier alpha value is -0.860. The first-order valence-electron chi connectivity index (χ1n) is 9.03. The van der Waals surface area contributed by atoms with E-state index in [1.54, 1.807) is 6.92 Å². The minimum absolute atomic E-state index is 0.119. The topological polar surface area (TPSA) is 83.0 Å². The van der Waals surface area contributed by atoms with Crippen molar-refractivity contribution in [1.82, 2.24) is 14.9 Å². The van der Waals surface area contributed by atoms with Gasteiger partial charge in [-0.3, -0.25) is 4.99 Å². The Morgan fingerprint density at radius 3 is 2.62 bits per heavy atom. The SMILES string of the molecule is CCNC(=NCCCNS(=O)(=O)CC)N(C)CCC1CCOCC1. The Kier molecular flexibility index (Phi) is 10.3. The summed E-state index contributed by atoms with van der Waals surface area (Å²) in [6.45, 7) is 8.30. The molecule has 7 nitrogen and oxygen atoms in total. The normalized spacial score (nSPS) is 17.0. The van der Waals surface area contributed by atoms with Crippen molar-refractivity contribution in [1.29, 1.82) is 0 Å². The zero-order valence-corrected chi connectivity index (χ0v) is 16.2. The maximum Gasteiger partial charge on any atom is 0.211 e. The monoisotopic (exact) mass is 362 g/mol. The summed E-state index contributed by atoms with van der Waals surface area (Å²) < 4.78 is 30.7. The molecule has 0 aliphatic carbocycles. The molecule has 142 valence electrons. The summed E-state index contributed by atoms with van der Waals surface area (Å²) in [5.74, 6) is 1.75. The van der Waals surface area contributed by atoms with E-state index >= 15 is 0 Å². The third-order valence-corrected chi connectivity index (χ3v) is 5.61. The van der Waals surface area contributed by atoms with Gasteiger partial charge in [-0.25, -0.2) is 13.1 Å². The third-order valence-electron chi connectivity index (χ3n) is 4.21. The van der Waals surface area contributed by atoms with E-state index in [2.05, 4.69) is 33.9 Å². The number of nitrogens with one attached hydrogen (secondary N) is 2. The smallest absolute Gasteiger partial charge is 0.211 e. The molecule has 0 aromatic heterocycles. The number of hydrogen-bond donors (Lipinski definition) is 2. The summed E-state index contributed by atoms with van der Waals surface area (Å²) in [4.78, 5) is 6.76. The van der Waals surface area contributed by atoms with Gasteiger partial charge in [-0.1, -0.05) is 0 Å². The fourth-order valence-electron chi connectivity index (χ4n) is 2.58. The van der Waals surface area contributed by atoms with E-state index in [4.69, 9.17) is 4.74 Å². The van der Waals surface area contributed by atoms with Crippen molar-refractivity contribution in [3.05, 3.63) is 0 Å². The van der Waals surface area contributed by atoms with Crippen LogP contribution in [0, 0.1) is 5.92 Å². The number of guanidine groups is 1. The van der Waals surface area contributed by atoms with Crippen molar-refractivity contribution < 1.29 is 13.2 Å². The molecule has 1 aliphatic heterocycles. The van der Waals surface area contributed by atoms with Gasteiger partial charge in [-0.15, -0.1) is 0 Å². The highest BCUT2D eigenvalue weighted by Gasteiger charge is 2.15. The summed E-state index contributed by atoms with van der Waals surface area (Å²) in [7, 11) is -1.05. The van der Waals surface area contributed by atoms with Gasteiger partial charge in [0, 0.05) is 46.4 Å². The zero-order valence-electron chi connectivity index (χ0n) is 15.4. The Balaban J connectivity index is 2.34. The van der Waals surface area contributed by atoms with Gasteiger partial charge >= 0.3 is 0 Å². The molecule has 0 atom stereocenters. The van der Waals surface area contributed by atoms with Crippen molar-refractivity contribution in [3.8, 4) is 0 Å². The van der Waals surface area contributed by atoms with Gasteiger partial charge in [-0.05, 0) is 45.4 Å². The quantitative estimate of drug-likeness (QED) is 0.345. The number of rotatable bonds is 10. The molecular formula is C16H34N4O3S. The molecule has 1 saturated heterocycles. The van der Waals surface area contributed by atoms with Gasteiger partial charge in [-0.2, -0.15) is 0 Å². The maximum absolute atomic E-state index is 11.4. The summed E-state index contributed by atoms with van der Waals surface area (Å²) in [5.41, 5.74) is 0. The minimum atomic E-state index is -3.10. The number of ether oxygens (including phenoxy) is 1. The Morgan fingerprint density at radius 1 is 1.29 bits per heavy atom. The van der Waals surface area contributed by atoms with Crippen LogP contribution < -0.4 is 10.0 Å². The molecule has 0 bridgehead atoms. The molecule has 1 heterocycles. The van der Waals surface area contributed by atoms with Crippen LogP contribution in [0.2, 0.25) is 0 Å². The molecule has 0 amide bonds. The predicted molar refractivity (Wildman–Crippen MR) is 98.8 cm³/mol. The summed E-state index contributed by atoms with van der Waals surface area (Å²) in [6.07, 6.45) is 4.15. The highest BCUT2D eigenvalue weighted by molar-refractivity contribution is 7.89. The van der Waals surface area contributed by atoms with Crippen molar-refractivity contribution >= 4 is 16.0 Å². The highest BCUT2D eigenvalue weighted by Crippen LogP contribution is 2.18. The molecule has 0 radical (unpaired) electrons. The van der Waals surface area contributed by atoms with Crippen LogP contribution in [0.4, 0.5) is 0 Å². The molecule has 0 aromatic rings. The van der Waals surface area contributed by atoms with Crippen LogP contribution in [0.25, 0.3) is 0 Å². The molecule has 24 heavy (non-hydrogen) atoms. The van der Waals surface area contributed by atoms with E-state index in [0.717, 1.165) is 57.4 Å².